The van der Waals surface area contributed by atoms with Gasteiger partial charge in [-0.2, -0.15) is 21.6 Å². The first kappa shape index (κ1) is 15.8. The first-order valence-electron chi connectivity index (χ1n) is 6.12. The van der Waals surface area contributed by atoms with Crippen molar-refractivity contribution in [1.82, 2.24) is 0 Å². The fourth-order valence-corrected chi connectivity index (χ4v) is 2.85. The summed E-state index contributed by atoms with van der Waals surface area (Å²) in [6.07, 6.45) is 5.68. The highest BCUT2D eigenvalue weighted by Gasteiger charge is 2.51. The van der Waals surface area contributed by atoms with E-state index in [1.165, 1.54) is 18.2 Å². The molecule has 0 bridgehead atoms. The molecular weight excluding hydrogens is 305 g/mol. The minimum Gasteiger partial charge on any atom is -0.248 e. The van der Waals surface area contributed by atoms with Gasteiger partial charge >= 0.3 is 15.6 Å². The van der Waals surface area contributed by atoms with Crippen LogP contribution in [0.2, 0.25) is 0 Å². The molecule has 0 spiro atoms. The molecular formula is C14H13F3O3S. The topological polar surface area (TPSA) is 43.4 Å². The highest BCUT2D eigenvalue weighted by atomic mass is 32.2. The molecule has 0 heterocycles. The smallest absolute Gasteiger partial charge is 0.248 e. The average Bonchev–Trinajstić information content (AvgIpc) is 2.37. The van der Waals surface area contributed by atoms with Crippen LogP contribution in [-0.4, -0.2) is 19.5 Å². The molecule has 3 nitrogen and oxygen atoms in total. The summed E-state index contributed by atoms with van der Waals surface area (Å²) in [6.45, 7) is 1.58. The summed E-state index contributed by atoms with van der Waals surface area (Å²) < 4.78 is 64.7. The summed E-state index contributed by atoms with van der Waals surface area (Å²) in [4.78, 5) is 0. The van der Waals surface area contributed by atoms with Crippen molar-refractivity contribution in [2.45, 2.75) is 24.5 Å². The van der Waals surface area contributed by atoms with Gasteiger partial charge in [-0.05, 0) is 24.1 Å². The predicted molar refractivity (Wildman–Crippen MR) is 72.8 cm³/mol. The lowest BCUT2D eigenvalue weighted by atomic mass is 9.86. The Labute approximate surface area is 120 Å². The maximum Gasteiger partial charge on any atom is 0.523 e. The van der Waals surface area contributed by atoms with Crippen molar-refractivity contribution in [1.29, 1.82) is 0 Å². The standard InChI is InChI=1S/C14H13F3O3S/c1-2-8-13(20-21(18,19)14(15,16)17)9-7-11-5-3-4-6-12(11)10-13/h2-9H,10H2,1H3. The number of allylic oxidation sites excluding steroid dienone is 1. The second kappa shape index (κ2) is 5.31. The zero-order valence-corrected chi connectivity index (χ0v) is 11.9. The van der Waals surface area contributed by atoms with E-state index in [2.05, 4.69) is 4.18 Å². The summed E-state index contributed by atoms with van der Waals surface area (Å²) in [6, 6.07) is 7.04. The normalized spacial score (nSPS) is 22.5. The summed E-state index contributed by atoms with van der Waals surface area (Å²) >= 11 is 0. The maximum atomic E-state index is 12.5. The van der Waals surface area contributed by atoms with Crippen molar-refractivity contribution in [3.8, 4) is 0 Å². The van der Waals surface area contributed by atoms with E-state index in [0.29, 0.717) is 0 Å². The van der Waals surface area contributed by atoms with Gasteiger partial charge in [-0.15, -0.1) is 0 Å². The molecule has 0 aromatic heterocycles. The van der Waals surface area contributed by atoms with Gasteiger partial charge in [-0.25, -0.2) is 4.18 Å². The molecule has 1 atom stereocenters. The van der Waals surface area contributed by atoms with E-state index < -0.39 is 21.2 Å². The van der Waals surface area contributed by atoms with Gasteiger partial charge in [0.05, 0.1) is 0 Å². The third kappa shape index (κ3) is 3.19. The molecule has 0 radical (unpaired) electrons. The van der Waals surface area contributed by atoms with Crippen molar-refractivity contribution in [2.75, 3.05) is 0 Å². The molecule has 2 rings (SSSR count). The molecule has 0 saturated carbocycles. The second-order valence-corrected chi connectivity index (χ2v) is 6.18. The lowest BCUT2D eigenvalue weighted by molar-refractivity contribution is -0.0589. The minimum absolute atomic E-state index is 0.0132. The molecule has 1 aliphatic rings. The number of fused-ring (bicyclic) bond motifs is 1. The number of hydrogen-bond donors (Lipinski definition) is 0. The highest BCUT2D eigenvalue weighted by molar-refractivity contribution is 7.87. The van der Waals surface area contributed by atoms with E-state index in [-0.39, 0.29) is 6.42 Å². The number of halogens is 3. The second-order valence-electron chi connectivity index (χ2n) is 4.65. The van der Waals surface area contributed by atoms with Crippen molar-refractivity contribution in [2.24, 2.45) is 0 Å². The molecule has 0 amide bonds. The molecule has 114 valence electrons. The Bertz CT molecular complexity index is 690. The van der Waals surface area contributed by atoms with Crippen LogP contribution < -0.4 is 0 Å². The van der Waals surface area contributed by atoms with E-state index in [4.69, 9.17) is 0 Å². The van der Waals surface area contributed by atoms with Crippen LogP contribution in [0.25, 0.3) is 6.08 Å². The Hall–Kier alpha value is -1.60. The van der Waals surface area contributed by atoms with Crippen LogP contribution in [-0.2, 0) is 20.7 Å². The fraction of sp³-hybridized carbons (Fsp3) is 0.286. The number of benzene rings is 1. The van der Waals surface area contributed by atoms with Gasteiger partial charge < -0.3 is 0 Å². The average molecular weight is 318 g/mol. The van der Waals surface area contributed by atoms with Gasteiger partial charge in [0.2, 0.25) is 0 Å². The molecule has 7 heteroatoms. The Morgan fingerprint density at radius 2 is 1.95 bits per heavy atom. The molecule has 0 N–H and O–H groups in total. The van der Waals surface area contributed by atoms with Crippen LogP contribution >= 0.6 is 0 Å². The van der Waals surface area contributed by atoms with E-state index in [1.807, 2.05) is 0 Å². The van der Waals surface area contributed by atoms with E-state index in [0.717, 1.165) is 11.1 Å². The van der Waals surface area contributed by atoms with Crippen LogP contribution in [0.3, 0.4) is 0 Å². The summed E-state index contributed by atoms with van der Waals surface area (Å²) in [5.74, 6) is 0. The quantitative estimate of drug-likeness (QED) is 0.487. The molecule has 1 unspecified atom stereocenters. The van der Waals surface area contributed by atoms with Crippen molar-refractivity contribution >= 4 is 16.2 Å². The first-order valence-corrected chi connectivity index (χ1v) is 7.53. The van der Waals surface area contributed by atoms with Crippen LogP contribution in [0.1, 0.15) is 18.1 Å². The summed E-state index contributed by atoms with van der Waals surface area (Å²) in [5, 5.41) is 0. The number of hydrogen-bond acceptors (Lipinski definition) is 3. The van der Waals surface area contributed by atoms with Gasteiger partial charge in [0.1, 0.15) is 5.60 Å². The SMILES string of the molecule is CC=CC1(OS(=O)(=O)C(F)(F)F)C=Cc2ccccc2C1. The van der Waals surface area contributed by atoms with Gasteiger partial charge in [-0.1, -0.05) is 42.5 Å². The van der Waals surface area contributed by atoms with Gasteiger partial charge in [0.25, 0.3) is 0 Å². The fourth-order valence-electron chi connectivity index (χ4n) is 2.18. The summed E-state index contributed by atoms with van der Waals surface area (Å²) in [7, 11) is -5.68. The third-order valence-electron chi connectivity index (χ3n) is 3.06. The zero-order valence-electron chi connectivity index (χ0n) is 11.1. The van der Waals surface area contributed by atoms with Crippen LogP contribution in [0.15, 0.2) is 42.5 Å². The number of rotatable bonds is 3. The lowest BCUT2D eigenvalue weighted by Gasteiger charge is -2.30. The third-order valence-corrected chi connectivity index (χ3v) is 4.16. The van der Waals surface area contributed by atoms with Gasteiger partial charge in [-0.3, -0.25) is 0 Å². The van der Waals surface area contributed by atoms with E-state index >= 15 is 0 Å². The Balaban J connectivity index is 2.42. The van der Waals surface area contributed by atoms with Crippen molar-refractivity contribution < 1.29 is 25.8 Å². The predicted octanol–water partition coefficient (Wildman–Crippen LogP) is 3.44. The molecule has 0 saturated heterocycles. The van der Waals surface area contributed by atoms with Crippen LogP contribution in [0, 0.1) is 0 Å². The molecule has 1 aromatic carbocycles. The lowest BCUT2D eigenvalue weighted by Crippen LogP contribution is -2.39. The van der Waals surface area contributed by atoms with Crippen molar-refractivity contribution in [3.63, 3.8) is 0 Å². The monoisotopic (exact) mass is 318 g/mol. The largest absolute Gasteiger partial charge is 0.523 e. The molecule has 1 aliphatic carbocycles. The van der Waals surface area contributed by atoms with E-state index in [1.54, 1.807) is 37.3 Å². The Morgan fingerprint density at radius 3 is 2.57 bits per heavy atom. The molecule has 1 aromatic rings. The number of alkyl halides is 3. The molecule has 0 aliphatic heterocycles. The van der Waals surface area contributed by atoms with Gasteiger partial charge in [0, 0.05) is 6.42 Å². The maximum absolute atomic E-state index is 12.5. The van der Waals surface area contributed by atoms with Crippen molar-refractivity contribution in [3.05, 3.63) is 53.6 Å². The molecule has 0 fully saturated rings. The first-order chi connectivity index (χ1) is 9.69. The highest BCUT2D eigenvalue weighted by Crippen LogP contribution is 2.35. The van der Waals surface area contributed by atoms with E-state index in [9.17, 15) is 21.6 Å². The Kier molecular flexibility index (Phi) is 3.99. The van der Waals surface area contributed by atoms with Crippen LogP contribution in [0.4, 0.5) is 13.2 Å². The summed E-state index contributed by atoms with van der Waals surface area (Å²) in [5.41, 5.74) is -5.56. The van der Waals surface area contributed by atoms with Crippen LogP contribution in [0.5, 0.6) is 0 Å². The Morgan fingerprint density at radius 1 is 1.29 bits per heavy atom. The minimum atomic E-state index is -5.68. The van der Waals surface area contributed by atoms with Gasteiger partial charge in [0.15, 0.2) is 0 Å². The zero-order chi connectivity index (χ0) is 15.7. The molecule has 21 heavy (non-hydrogen) atoms.